The van der Waals surface area contributed by atoms with E-state index in [0.29, 0.717) is 30.3 Å². The average Bonchev–Trinajstić information content (AvgIpc) is 2.46. The fourth-order valence-corrected chi connectivity index (χ4v) is 2.26. The SMILES string of the molecule is Cc1ccc(C(O)c2ccc3c(c2)OCCO3)c(F)c1. The molecule has 0 radical (unpaired) electrons. The third-order valence-corrected chi connectivity index (χ3v) is 3.33. The number of fused-ring (bicyclic) bond motifs is 1. The third kappa shape index (κ3) is 2.34. The monoisotopic (exact) mass is 274 g/mol. The number of aryl methyl sites for hydroxylation is 1. The minimum atomic E-state index is -1.02. The Kier molecular flexibility index (Phi) is 3.32. The predicted molar refractivity (Wildman–Crippen MR) is 72.6 cm³/mol. The molecule has 2 aromatic carbocycles. The Labute approximate surface area is 116 Å². The van der Waals surface area contributed by atoms with Gasteiger partial charge in [0.2, 0.25) is 0 Å². The van der Waals surface area contributed by atoms with Gasteiger partial charge >= 0.3 is 0 Å². The van der Waals surface area contributed by atoms with Crippen LogP contribution in [0.25, 0.3) is 0 Å². The van der Waals surface area contributed by atoms with Gasteiger partial charge < -0.3 is 14.6 Å². The number of benzene rings is 2. The second-order valence-electron chi connectivity index (χ2n) is 4.83. The number of aliphatic hydroxyl groups excluding tert-OH is 1. The van der Waals surface area contributed by atoms with E-state index in [4.69, 9.17) is 9.47 Å². The molecule has 0 bridgehead atoms. The van der Waals surface area contributed by atoms with E-state index in [1.54, 1.807) is 30.3 Å². The van der Waals surface area contributed by atoms with Crippen LogP contribution in [-0.4, -0.2) is 18.3 Å². The van der Waals surface area contributed by atoms with Gasteiger partial charge in [-0.2, -0.15) is 0 Å². The second kappa shape index (κ2) is 5.13. The molecule has 0 saturated carbocycles. The molecule has 20 heavy (non-hydrogen) atoms. The summed E-state index contributed by atoms with van der Waals surface area (Å²) in [4.78, 5) is 0. The van der Waals surface area contributed by atoms with Crippen LogP contribution in [0.1, 0.15) is 22.8 Å². The molecule has 3 rings (SSSR count). The van der Waals surface area contributed by atoms with Gasteiger partial charge in [0, 0.05) is 5.56 Å². The summed E-state index contributed by atoms with van der Waals surface area (Å²) in [5.41, 5.74) is 1.66. The van der Waals surface area contributed by atoms with Crippen molar-refractivity contribution in [2.24, 2.45) is 0 Å². The first kappa shape index (κ1) is 12.9. The number of aliphatic hydroxyl groups is 1. The molecule has 1 N–H and O–H groups in total. The van der Waals surface area contributed by atoms with Crippen LogP contribution in [0.15, 0.2) is 36.4 Å². The highest BCUT2D eigenvalue weighted by molar-refractivity contribution is 5.46. The Morgan fingerprint density at radius 3 is 2.55 bits per heavy atom. The zero-order valence-electron chi connectivity index (χ0n) is 11.1. The minimum Gasteiger partial charge on any atom is -0.486 e. The van der Waals surface area contributed by atoms with E-state index in [9.17, 15) is 9.50 Å². The molecule has 1 unspecified atom stereocenters. The van der Waals surface area contributed by atoms with Crippen molar-refractivity contribution >= 4 is 0 Å². The Bertz CT molecular complexity index is 640. The summed E-state index contributed by atoms with van der Waals surface area (Å²) >= 11 is 0. The van der Waals surface area contributed by atoms with Crippen molar-refractivity contribution in [3.63, 3.8) is 0 Å². The standard InChI is InChI=1S/C16H15FO3/c1-10-2-4-12(13(17)8-10)16(18)11-3-5-14-15(9-11)20-7-6-19-14/h2-5,8-9,16,18H,6-7H2,1H3. The molecule has 104 valence electrons. The fraction of sp³-hybridized carbons (Fsp3) is 0.250. The maximum atomic E-state index is 13.9. The van der Waals surface area contributed by atoms with Gasteiger partial charge in [0.1, 0.15) is 25.1 Å². The van der Waals surface area contributed by atoms with Crippen LogP contribution in [0.4, 0.5) is 4.39 Å². The van der Waals surface area contributed by atoms with E-state index in [-0.39, 0.29) is 5.56 Å². The summed E-state index contributed by atoms with van der Waals surface area (Å²) in [5, 5.41) is 10.3. The Morgan fingerprint density at radius 2 is 1.80 bits per heavy atom. The van der Waals surface area contributed by atoms with Gasteiger partial charge in [0.25, 0.3) is 0 Å². The Morgan fingerprint density at radius 1 is 1.05 bits per heavy atom. The van der Waals surface area contributed by atoms with Crippen molar-refractivity contribution in [1.29, 1.82) is 0 Å². The number of ether oxygens (including phenoxy) is 2. The lowest BCUT2D eigenvalue weighted by Crippen LogP contribution is -2.15. The number of hydrogen-bond donors (Lipinski definition) is 1. The van der Waals surface area contributed by atoms with Gasteiger partial charge in [0.15, 0.2) is 11.5 Å². The van der Waals surface area contributed by atoms with Crippen LogP contribution in [-0.2, 0) is 0 Å². The lowest BCUT2D eigenvalue weighted by Gasteiger charge is -2.20. The van der Waals surface area contributed by atoms with Gasteiger partial charge in [-0.25, -0.2) is 4.39 Å². The van der Waals surface area contributed by atoms with E-state index in [2.05, 4.69) is 0 Å². The van der Waals surface area contributed by atoms with E-state index in [1.165, 1.54) is 6.07 Å². The van der Waals surface area contributed by atoms with E-state index in [0.717, 1.165) is 5.56 Å². The van der Waals surface area contributed by atoms with E-state index in [1.807, 2.05) is 6.92 Å². The van der Waals surface area contributed by atoms with Crippen LogP contribution in [0.2, 0.25) is 0 Å². The van der Waals surface area contributed by atoms with Gasteiger partial charge in [0.05, 0.1) is 0 Å². The van der Waals surface area contributed by atoms with Crippen LogP contribution < -0.4 is 9.47 Å². The molecule has 1 aliphatic rings. The van der Waals surface area contributed by atoms with Crippen LogP contribution in [0.5, 0.6) is 11.5 Å². The molecular formula is C16H15FO3. The largest absolute Gasteiger partial charge is 0.486 e. The molecule has 1 heterocycles. The third-order valence-electron chi connectivity index (χ3n) is 3.33. The zero-order valence-corrected chi connectivity index (χ0v) is 11.1. The number of hydrogen-bond acceptors (Lipinski definition) is 3. The molecule has 1 atom stereocenters. The molecule has 0 spiro atoms. The van der Waals surface area contributed by atoms with Gasteiger partial charge in [-0.1, -0.05) is 18.2 Å². The highest BCUT2D eigenvalue weighted by atomic mass is 19.1. The normalized spacial score (nSPS) is 14.9. The molecule has 0 fully saturated rings. The van der Waals surface area contributed by atoms with Crippen molar-refractivity contribution in [3.8, 4) is 11.5 Å². The molecular weight excluding hydrogens is 259 g/mol. The van der Waals surface area contributed by atoms with Crippen molar-refractivity contribution in [1.82, 2.24) is 0 Å². The summed E-state index contributed by atoms with van der Waals surface area (Å²) < 4.78 is 24.8. The quantitative estimate of drug-likeness (QED) is 0.915. The maximum Gasteiger partial charge on any atom is 0.161 e. The number of halogens is 1. The molecule has 4 heteroatoms. The summed E-state index contributed by atoms with van der Waals surface area (Å²) in [6.45, 7) is 2.80. The molecule has 0 saturated heterocycles. The smallest absolute Gasteiger partial charge is 0.161 e. The highest BCUT2D eigenvalue weighted by Gasteiger charge is 2.18. The topological polar surface area (TPSA) is 38.7 Å². The lowest BCUT2D eigenvalue weighted by molar-refractivity contribution is 0.169. The maximum absolute atomic E-state index is 13.9. The van der Waals surface area contributed by atoms with Gasteiger partial charge in [-0.15, -0.1) is 0 Å². The first-order valence-corrected chi connectivity index (χ1v) is 6.49. The zero-order chi connectivity index (χ0) is 14.1. The van der Waals surface area contributed by atoms with Crippen molar-refractivity contribution in [3.05, 3.63) is 58.9 Å². The van der Waals surface area contributed by atoms with E-state index < -0.39 is 11.9 Å². The summed E-state index contributed by atoms with van der Waals surface area (Å²) in [6.07, 6.45) is -1.02. The summed E-state index contributed by atoms with van der Waals surface area (Å²) in [7, 11) is 0. The van der Waals surface area contributed by atoms with Crippen molar-refractivity contribution in [2.45, 2.75) is 13.0 Å². The van der Waals surface area contributed by atoms with Crippen molar-refractivity contribution in [2.75, 3.05) is 13.2 Å². The fourth-order valence-electron chi connectivity index (χ4n) is 2.26. The molecule has 2 aromatic rings. The van der Waals surface area contributed by atoms with Gasteiger partial charge in [-0.05, 0) is 36.2 Å². The van der Waals surface area contributed by atoms with E-state index >= 15 is 0 Å². The van der Waals surface area contributed by atoms with Crippen molar-refractivity contribution < 1.29 is 19.0 Å². The molecule has 3 nitrogen and oxygen atoms in total. The Balaban J connectivity index is 1.95. The van der Waals surface area contributed by atoms with Gasteiger partial charge in [-0.3, -0.25) is 0 Å². The first-order chi connectivity index (χ1) is 9.65. The predicted octanol–water partition coefficient (Wildman–Crippen LogP) is 2.99. The summed E-state index contributed by atoms with van der Waals surface area (Å²) in [6, 6.07) is 9.94. The molecule has 0 amide bonds. The second-order valence-corrected chi connectivity index (χ2v) is 4.83. The highest BCUT2D eigenvalue weighted by Crippen LogP contribution is 2.34. The number of rotatable bonds is 2. The van der Waals surface area contributed by atoms with Crippen LogP contribution >= 0.6 is 0 Å². The Hall–Kier alpha value is -2.07. The summed E-state index contributed by atoms with van der Waals surface area (Å²) in [5.74, 6) is 0.823. The molecule has 0 aliphatic carbocycles. The minimum absolute atomic E-state index is 0.257. The van der Waals surface area contributed by atoms with Crippen LogP contribution in [0, 0.1) is 12.7 Å². The first-order valence-electron chi connectivity index (χ1n) is 6.49. The average molecular weight is 274 g/mol. The molecule has 0 aromatic heterocycles. The van der Waals surface area contributed by atoms with Crippen LogP contribution in [0.3, 0.4) is 0 Å². The lowest BCUT2D eigenvalue weighted by atomic mass is 9.99. The molecule has 1 aliphatic heterocycles.